The number of hydrogen-bond acceptors (Lipinski definition) is 25. The van der Waals surface area contributed by atoms with E-state index in [-0.39, 0.29) is 134 Å². The second-order valence-corrected chi connectivity index (χ2v) is 43.9. The van der Waals surface area contributed by atoms with Gasteiger partial charge in [-0.25, -0.2) is 24.0 Å². The van der Waals surface area contributed by atoms with Crippen molar-refractivity contribution < 1.29 is 123 Å². The second-order valence-electron chi connectivity index (χ2n) is 43.9. The van der Waals surface area contributed by atoms with Gasteiger partial charge in [-0.3, -0.25) is 19.2 Å². The number of allylic oxidation sites excluding steroid dienone is 9. The first kappa shape index (κ1) is 99.7. The highest BCUT2D eigenvalue weighted by atomic mass is 16.6. The fourth-order valence-corrected chi connectivity index (χ4v) is 27.9. The highest BCUT2D eigenvalue weighted by Crippen LogP contribution is 2.77. The minimum Gasteiger partial charge on any atom is -0.458 e. The lowest BCUT2D eigenvalue weighted by Crippen LogP contribution is -2.66. The molecular formula is C105H142O25. The van der Waals surface area contributed by atoms with Crippen molar-refractivity contribution in [1.29, 1.82) is 0 Å². The Kier molecular flexibility index (Phi) is 25.8. The molecule has 0 aromatic rings. The standard InChI is InChI=1S/C30H40O7.3C25H34O6/c1-9-15(3)26(33)36-14-19-12-20-22-21(28(22,7)8)11-18(6)29(24(20)32)13-17(5)25(30(29,35)23(19)31)37-27(34)16(4)10-2;1-7-12(2)22(29)31-21-13(3)10-24-14(4)8-17-18(23(17,5)6)16(20(24)28)9-15(11-26)19(27)25(21,24)30;1-7-12(2)22(29)31-21-15(11-26)9-16-18-17(23(18,5)6)8-14(4)24(20(16)28)10-13(3)19(27)25(21,24)30;1-7-12(2)22(29)31-11-15-9-16-18-17(23(18,5)6)8-14(4)24(21(16)28)10-13(3)19(26)25(24,30)20(15)27/h9-10,12-13,18,20-23,25,31,35H,11,14H2,1-8H3;2*7,9-10,14,16-19,21,26-27,30H,8,11H2,1-6H3;7,9-10,14,16-20,26-27,30H,8,11H2,1-6H3/b15-9-,16-10-;3*12-7-/t18-,20+,21-,22+,23-,25+,29+,30+;14-,16+,17-,18+,19-,21+,24+,25+;14-,16+,17-,18+,19+,21-,24+,25-;14-,16+,17-,18+,19+,20-,24+,25-/m1111/s1. The Morgan fingerprint density at radius 1 is 0.338 bits per heavy atom. The quantitative estimate of drug-likeness (QED) is 0.0333. The van der Waals surface area contributed by atoms with Crippen molar-refractivity contribution in [2.45, 2.75) is 277 Å². The summed E-state index contributed by atoms with van der Waals surface area (Å²) in [7, 11) is 0. The summed E-state index contributed by atoms with van der Waals surface area (Å²) in [5, 5.41) is 126. The Labute approximate surface area is 764 Å². The molecule has 32 atom stereocenters. The first-order valence-corrected chi connectivity index (χ1v) is 46.7. The molecule has 0 aliphatic heterocycles. The van der Waals surface area contributed by atoms with Crippen LogP contribution < -0.4 is 0 Å². The smallest absolute Gasteiger partial charge is 0.334 e. The van der Waals surface area contributed by atoms with Crippen LogP contribution in [0.5, 0.6) is 0 Å². The molecule has 16 aliphatic rings. The van der Waals surface area contributed by atoms with E-state index in [1.165, 1.54) is 0 Å². The van der Waals surface area contributed by atoms with E-state index in [9.17, 15) is 99.3 Å². The summed E-state index contributed by atoms with van der Waals surface area (Å²) in [6, 6.07) is 0. The number of hydrogen-bond donors (Lipinski definition) is 11. The van der Waals surface area contributed by atoms with Crippen molar-refractivity contribution in [3.05, 3.63) is 151 Å². The number of esters is 5. The number of carbonyl (C=O) groups is 9. The van der Waals surface area contributed by atoms with Crippen LogP contribution in [0.1, 0.15) is 206 Å². The van der Waals surface area contributed by atoms with Gasteiger partial charge in [-0.15, -0.1) is 0 Å². The van der Waals surface area contributed by atoms with E-state index in [4.69, 9.17) is 23.7 Å². The third-order valence-corrected chi connectivity index (χ3v) is 36.5. The molecule has 0 radical (unpaired) electrons. The summed E-state index contributed by atoms with van der Waals surface area (Å²) in [4.78, 5) is 120. The molecule has 25 heteroatoms. The highest BCUT2D eigenvalue weighted by Gasteiger charge is 2.82. The first-order chi connectivity index (χ1) is 60.3. The Morgan fingerprint density at radius 2 is 0.562 bits per heavy atom. The maximum absolute atomic E-state index is 14.5. The van der Waals surface area contributed by atoms with Gasteiger partial charge in [0.05, 0.1) is 34.9 Å². The van der Waals surface area contributed by atoms with Crippen LogP contribution in [-0.4, -0.2) is 207 Å². The number of carbonyl (C=O) groups excluding carboxylic acids is 9. The molecule has 16 aliphatic carbocycles. The summed E-state index contributed by atoms with van der Waals surface area (Å²) in [6.07, 6.45) is 13.5. The number of aliphatic hydroxyl groups excluding tert-OH is 7. The summed E-state index contributed by atoms with van der Waals surface area (Å²) in [6.45, 7) is 47.0. The zero-order valence-electron chi connectivity index (χ0n) is 80.7. The van der Waals surface area contributed by atoms with Gasteiger partial charge in [0.25, 0.3) is 0 Å². The third kappa shape index (κ3) is 13.8. The monoisotopic (exact) mass is 1800 g/mol. The Hall–Kier alpha value is -7.79. The molecule has 8 saturated carbocycles. The van der Waals surface area contributed by atoms with Crippen LogP contribution >= 0.6 is 0 Å². The van der Waals surface area contributed by atoms with Crippen LogP contribution in [0.4, 0.5) is 0 Å². The predicted octanol–water partition coefficient (Wildman–Crippen LogP) is 10.8. The third-order valence-electron chi connectivity index (χ3n) is 36.5. The van der Waals surface area contributed by atoms with Gasteiger partial charge in [0.1, 0.15) is 49.3 Å². The molecule has 0 amide bonds. The van der Waals surface area contributed by atoms with Gasteiger partial charge in [0.15, 0.2) is 58.2 Å². The van der Waals surface area contributed by atoms with Crippen molar-refractivity contribution in [3.63, 3.8) is 0 Å². The van der Waals surface area contributed by atoms with E-state index in [0.29, 0.717) is 74.3 Å². The minimum absolute atomic E-state index is 0.0209. The first-order valence-electron chi connectivity index (χ1n) is 46.7. The molecule has 16 rings (SSSR count). The van der Waals surface area contributed by atoms with E-state index < -0.39 is 160 Å². The van der Waals surface area contributed by atoms with Crippen LogP contribution in [-0.2, 0) is 66.8 Å². The fraction of sp³-hybridized carbons (Fsp3) is 0.667. The number of fused-ring (bicyclic) bond motifs is 12. The van der Waals surface area contributed by atoms with E-state index in [1.54, 1.807) is 176 Å². The molecular weight excluding hydrogens is 1660 g/mol. The summed E-state index contributed by atoms with van der Waals surface area (Å²) >= 11 is 0. The van der Waals surface area contributed by atoms with E-state index in [1.807, 2.05) is 27.7 Å². The van der Waals surface area contributed by atoms with E-state index >= 15 is 0 Å². The van der Waals surface area contributed by atoms with Crippen LogP contribution in [0, 0.1) is 138 Å². The van der Waals surface area contributed by atoms with Gasteiger partial charge in [0.2, 0.25) is 0 Å². The molecule has 25 nitrogen and oxygen atoms in total. The fourth-order valence-electron chi connectivity index (χ4n) is 27.9. The van der Waals surface area contributed by atoms with Gasteiger partial charge < -0.3 is 79.9 Å². The molecule has 0 unspecified atom stereocenters. The lowest BCUT2D eigenvalue weighted by Gasteiger charge is -2.49. The molecule has 0 aromatic carbocycles. The molecule has 4 spiro atoms. The van der Waals surface area contributed by atoms with E-state index in [0.717, 1.165) is 19.3 Å². The van der Waals surface area contributed by atoms with Crippen LogP contribution in [0.2, 0.25) is 0 Å². The van der Waals surface area contributed by atoms with Crippen molar-refractivity contribution in [3.8, 4) is 0 Å². The van der Waals surface area contributed by atoms with Crippen molar-refractivity contribution in [1.82, 2.24) is 0 Å². The maximum atomic E-state index is 14.5. The van der Waals surface area contributed by atoms with Crippen molar-refractivity contribution >= 4 is 53.0 Å². The SMILES string of the molecule is C/C=C(/C)C(=O)OCC1=C[C@@H]2C(=O)[C@]3(C=C(C)[C@H](O)[C@@]3(O)[C@@H]1O)[C@H](C)C[C@@H]1[C@H]2C1(C)C.C/C=C(/C)C(=O)OCC1=C[C@@H]2C(=O)[C@]3(C=C(C)[C@H](OC(=O)/C(C)=C\C)[C@@]3(O)[C@@H]1O)[C@H](C)C[C@@H]1[C@H]2C1(C)C.C/C=C(/C)C(=O)O[C@@H]1C(CO)=C[C@@H]2C(=O)[C@]3(C=C(C)[C@H](O)[C@@]13O)[C@H](C)C[C@@H]1[C@H]2C1(C)C.C/C=C(/C)C(=O)O[C@H]1C(C)=C[C@]23C(=O)[C@@H](C=C(CO)[C@@H](O)[C@]12O)[C@H]1[C@@H](C[C@H]3C)C1(C)C. The molecule has 8 bridgehead atoms. The molecule has 11 N–H and O–H groups in total. The summed E-state index contributed by atoms with van der Waals surface area (Å²) < 4.78 is 28.2. The number of Topliss-reactive ketones (excluding diaryl/α,β-unsaturated/α-hetero) is 4. The van der Waals surface area contributed by atoms with Gasteiger partial charge in [-0.05, 0) is 260 Å². The normalized spacial score (nSPS) is 44.1. The Bertz CT molecular complexity index is 5140. The van der Waals surface area contributed by atoms with Crippen LogP contribution in [0.25, 0.3) is 0 Å². The molecule has 0 saturated heterocycles. The van der Waals surface area contributed by atoms with Crippen molar-refractivity contribution in [2.75, 3.05) is 26.4 Å². The Morgan fingerprint density at radius 3 is 0.846 bits per heavy atom. The van der Waals surface area contributed by atoms with Gasteiger partial charge in [-0.1, -0.05) is 162 Å². The zero-order chi connectivity index (χ0) is 96.9. The summed E-state index contributed by atoms with van der Waals surface area (Å²) in [5.41, 5.74) is -9.22. The highest BCUT2D eigenvalue weighted by molar-refractivity contribution is 6.00. The second kappa shape index (κ2) is 33.6. The largest absolute Gasteiger partial charge is 0.458 e. The average molecular weight is 1800 g/mol. The molecule has 8 fully saturated rings. The maximum Gasteiger partial charge on any atom is 0.334 e. The van der Waals surface area contributed by atoms with E-state index in [2.05, 4.69) is 55.4 Å². The molecule has 0 heterocycles. The van der Waals surface area contributed by atoms with Gasteiger partial charge in [-0.2, -0.15) is 0 Å². The number of aliphatic hydroxyl groups is 11. The number of ketones is 4. The van der Waals surface area contributed by atoms with Crippen LogP contribution in [0.3, 0.4) is 0 Å². The minimum atomic E-state index is -2.15. The predicted molar refractivity (Wildman–Crippen MR) is 482 cm³/mol. The lowest BCUT2D eigenvalue weighted by molar-refractivity contribution is -0.202. The van der Waals surface area contributed by atoms with Crippen LogP contribution in [0.15, 0.2) is 151 Å². The molecule has 712 valence electrons. The zero-order valence-corrected chi connectivity index (χ0v) is 80.7. The van der Waals surface area contributed by atoms with Crippen molar-refractivity contribution in [2.24, 2.45) is 138 Å². The lowest BCUT2D eigenvalue weighted by atomic mass is 9.59. The summed E-state index contributed by atoms with van der Waals surface area (Å²) in [5.74, 6) is -5.28. The topological polar surface area (TPSA) is 422 Å². The van der Waals surface area contributed by atoms with Gasteiger partial charge in [0, 0.05) is 51.5 Å². The van der Waals surface area contributed by atoms with Gasteiger partial charge >= 0.3 is 29.8 Å². The number of rotatable bonds is 14. The molecule has 130 heavy (non-hydrogen) atoms. The Balaban J connectivity index is 0.000000148. The average Bonchev–Trinajstić information content (AvgIpc) is 1.51. The molecule has 0 aromatic heterocycles. The number of ether oxygens (including phenoxy) is 5.